The van der Waals surface area contributed by atoms with Crippen molar-refractivity contribution in [3.63, 3.8) is 0 Å². The van der Waals surface area contributed by atoms with Gasteiger partial charge in [-0.1, -0.05) is 0 Å². The Hall–Kier alpha value is -1.13. The third-order valence-electron chi connectivity index (χ3n) is 3.81. The summed E-state index contributed by atoms with van der Waals surface area (Å²) in [6.07, 6.45) is 5.74. The smallest absolute Gasteiger partial charge is 0.0833 e. The van der Waals surface area contributed by atoms with E-state index in [1.807, 2.05) is 12.4 Å². The molecule has 4 nitrogen and oxygen atoms in total. The van der Waals surface area contributed by atoms with Crippen LogP contribution in [0.2, 0.25) is 0 Å². The molecule has 1 fully saturated rings. The number of aromatic nitrogens is 1. The third-order valence-corrected chi connectivity index (χ3v) is 3.81. The number of piperidine rings is 1. The fourth-order valence-corrected chi connectivity index (χ4v) is 2.47. The lowest BCUT2D eigenvalue weighted by molar-refractivity contribution is -0.0215. The van der Waals surface area contributed by atoms with Gasteiger partial charge in [-0.2, -0.15) is 0 Å². The minimum atomic E-state index is -0.114. The topological polar surface area (TPSA) is 51.4 Å². The van der Waals surface area contributed by atoms with Crippen LogP contribution in [0.4, 0.5) is 5.69 Å². The van der Waals surface area contributed by atoms with Gasteiger partial charge in [0.15, 0.2) is 0 Å². The van der Waals surface area contributed by atoms with E-state index >= 15 is 0 Å². The molecule has 0 bridgehead atoms. The standard InChI is InChI=1S/C13H21N3O/c1-11-9-15-6-3-12(11)16-7-4-13(10-14,17-2)5-8-16/h3,6,9H,4-5,7-8,10,14H2,1-2H3. The van der Waals surface area contributed by atoms with Crippen LogP contribution in [0.25, 0.3) is 0 Å². The number of pyridine rings is 1. The maximum absolute atomic E-state index is 5.81. The quantitative estimate of drug-likeness (QED) is 0.859. The van der Waals surface area contributed by atoms with E-state index < -0.39 is 0 Å². The van der Waals surface area contributed by atoms with Gasteiger partial charge in [0, 0.05) is 44.8 Å². The Kier molecular flexibility index (Phi) is 3.64. The van der Waals surface area contributed by atoms with Gasteiger partial charge < -0.3 is 15.4 Å². The monoisotopic (exact) mass is 235 g/mol. The van der Waals surface area contributed by atoms with Crippen molar-refractivity contribution in [3.05, 3.63) is 24.0 Å². The van der Waals surface area contributed by atoms with E-state index in [9.17, 15) is 0 Å². The van der Waals surface area contributed by atoms with Crippen molar-refractivity contribution in [1.82, 2.24) is 4.98 Å². The molecule has 0 aromatic carbocycles. The zero-order valence-electron chi connectivity index (χ0n) is 10.6. The molecule has 1 saturated heterocycles. The van der Waals surface area contributed by atoms with Crippen molar-refractivity contribution < 1.29 is 4.74 Å². The van der Waals surface area contributed by atoms with E-state index in [0.29, 0.717) is 6.54 Å². The minimum absolute atomic E-state index is 0.114. The molecule has 0 radical (unpaired) electrons. The summed E-state index contributed by atoms with van der Waals surface area (Å²) in [4.78, 5) is 6.52. The van der Waals surface area contributed by atoms with E-state index in [0.717, 1.165) is 25.9 Å². The van der Waals surface area contributed by atoms with E-state index in [-0.39, 0.29) is 5.60 Å². The fourth-order valence-electron chi connectivity index (χ4n) is 2.47. The van der Waals surface area contributed by atoms with Gasteiger partial charge in [-0.05, 0) is 31.4 Å². The first-order valence-electron chi connectivity index (χ1n) is 6.11. The molecule has 4 heteroatoms. The summed E-state index contributed by atoms with van der Waals surface area (Å²) < 4.78 is 5.58. The Morgan fingerprint density at radius 2 is 2.18 bits per heavy atom. The zero-order chi connectivity index (χ0) is 12.3. The lowest BCUT2D eigenvalue weighted by atomic mass is 9.91. The molecule has 1 aliphatic heterocycles. The normalized spacial score (nSPS) is 19.4. The van der Waals surface area contributed by atoms with Crippen molar-refractivity contribution in [2.45, 2.75) is 25.4 Å². The van der Waals surface area contributed by atoms with Gasteiger partial charge >= 0.3 is 0 Å². The number of hydrogen-bond acceptors (Lipinski definition) is 4. The van der Waals surface area contributed by atoms with Crippen LogP contribution in [0.3, 0.4) is 0 Å². The Labute approximate surface area is 103 Å². The second kappa shape index (κ2) is 5.02. The molecule has 0 saturated carbocycles. The Morgan fingerprint density at radius 1 is 1.47 bits per heavy atom. The Bertz CT molecular complexity index is 367. The first-order chi connectivity index (χ1) is 8.21. The maximum Gasteiger partial charge on any atom is 0.0833 e. The van der Waals surface area contributed by atoms with Crippen molar-refractivity contribution in [2.24, 2.45) is 5.73 Å². The average Bonchev–Trinajstić information content (AvgIpc) is 2.40. The number of anilines is 1. The molecule has 94 valence electrons. The van der Waals surface area contributed by atoms with Gasteiger partial charge in [0.05, 0.1) is 5.60 Å². The number of ether oxygens (including phenoxy) is 1. The molecule has 17 heavy (non-hydrogen) atoms. The van der Waals surface area contributed by atoms with Crippen LogP contribution in [0, 0.1) is 6.92 Å². The van der Waals surface area contributed by atoms with Crippen LogP contribution in [0.15, 0.2) is 18.5 Å². The highest BCUT2D eigenvalue weighted by Crippen LogP contribution is 2.29. The molecule has 0 spiro atoms. The highest BCUT2D eigenvalue weighted by atomic mass is 16.5. The molecule has 1 aromatic heterocycles. The number of methoxy groups -OCH3 is 1. The number of rotatable bonds is 3. The van der Waals surface area contributed by atoms with Gasteiger partial charge in [-0.25, -0.2) is 0 Å². The summed E-state index contributed by atoms with van der Waals surface area (Å²) in [7, 11) is 1.76. The van der Waals surface area contributed by atoms with Gasteiger partial charge in [0.1, 0.15) is 0 Å². The summed E-state index contributed by atoms with van der Waals surface area (Å²) >= 11 is 0. The molecule has 0 aliphatic carbocycles. The summed E-state index contributed by atoms with van der Waals surface area (Å²) in [5.74, 6) is 0. The van der Waals surface area contributed by atoms with Crippen molar-refractivity contribution in [1.29, 1.82) is 0 Å². The van der Waals surface area contributed by atoms with E-state index in [4.69, 9.17) is 10.5 Å². The minimum Gasteiger partial charge on any atom is -0.377 e. The highest BCUT2D eigenvalue weighted by molar-refractivity contribution is 5.51. The summed E-state index contributed by atoms with van der Waals surface area (Å²) in [5, 5.41) is 0. The number of aryl methyl sites for hydroxylation is 1. The van der Waals surface area contributed by atoms with Crippen molar-refractivity contribution in [2.75, 3.05) is 31.6 Å². The van der Waals surface area contributed by atoms with E-state index in [1.54, 1.807) is 7.11 Å². The molecular formula is C13H21N3O. The van der Waals surface area contributed by atoms with Crippen LogP contribution in [-0.4, -0.2) is 37.3 Å². The first-order valence-corrected chi connectivity index (χ1v) is 6.11. The molecule has 1 aliphatic rings. The largest absolute Gasteiger partial charge is 0.377 e. The molecule has 1 aromatic rings. The van der Waals surface area contributed by atoms with Gasteiger partial charge in [0.25, 0.3) is 0 Å². The van der Waals surface area contributed by atoms with E-state index in [1.165, 1.54) is 11.3 Å². The van der Waals surface area contributed by atoms with Gasteiger partial charge in [0.2, 0.25) is 0 Å². The molecule has 0 atom stereocenters. The van der Waals surface area contributed by atoms with Gasteiger partial charge in [-0.15, -0.1) is 0 Å². The fraction of sp³-hybridized carbons (Fsp3) is 0.615. The second-order valence-corrected chi connectivity index (χ2v) is 4.74. The number of nitrogens with zero attached hydrogens (tertiary/aromatic N) is 2. The van der Waals surface area contributed by atoms with Crippen LogP contribution in [0.5, 0.6) is 0 Å². The van der Waals surface area contributed by atoms with Crippen molar-refractivity contribution >= 4 is 5.69 Å². The average molecular weight is 235 g/mol. The Morgan fingerprint density at radius 3 is 2.71 bits per heavy atom. The van der Waals surface area contributed by atoms with Crippen molar-refractivity contribution in [3.8, 4) is 0 Å². The maximum atomic E-state index is 5.81. The first kappa shape index (κ1) is 12.3. The number of hydrogen-bond donors (Lipinski definition) is 1. The molecule has 0 amide bonds. The SMILES string of the molecule is COC1(CN)CCN(c2ccncc2C)CC1. The summed E-state index contributed by atoms with van der Waals surface area (Å²) in [6.45, 7) is 4.70. The van der Waals surface area contributed by atoms with Crippen LogP contribution in [0.1, 0.15) is 18.4 Å². The highest BCUT2D eigenvalue weighted by Gasteiger charge is 2.33. The molecule has 2 heterocycles. The summed E-state index contributed by atoms with van der Waals surface area (Å²) in [5.41, 5.74) is 8.20. The van der Waals surface area contributed by atoms with Crippen LogP contribution < -0.4 is 10.6 Å². The molecule has 2 rings (SSSR count). The second-order valence-electron chi connectivity index (χ2n) is 4.74. The molecule has 0 unspecified atom stereocenters. The Balaban J connectivity index is 2.07. The predicted molar refractivity (Wildman–Crippen MR) is 69.2 cm³/mol. The van der Waals surface area contributed by atoms with Crippen LogP contribution in [-0.2, 0) is 4.74 Å². The third kappa shape index (κ3) is 2.42. The zero-order valence-corrected chi connectivity index (χ0v) is 10.6. The molecule has 2 N–H and O–H groups in total. The van der Waals surface area contributed by atoms with E-state index in [2.05, 4.69) is 22.9 Å². The van der Waals surface area contributed by atoms with Gasteiger partial charge in [-0.3, -0.25) is 4.98 Å². The predicted octanol–water partition coefficient (Wildman–Crippen LogP) is 1.33. The summed E-state index contributed by atoms with van der Waals surface area (Å²) in [6, 6.07) is 2.08. The molecular weight excluding hydrogens is 214 g/mol. The van der Waals surface area contributed by atoms with Crippen LogP contribution >= 0.6 is 0 Å². The number of nitrogens with two attached hydrogens (primary N) is 1. The lowest BCUT2D eigenvalue weighted by Gasteiger charge is -2.41. The lowest BCUT2D eigenvalue weighted by Crippen LogP contribution is -2.50.